The molecule has 0 fully saturated rings. The number of benzene rings is 1. The Balaban J connectivity index is 2.10. The van der Waals surface area contributed by atoms with Gasteiger partial charge >= 0.3 is 0 Å². The van der Waals surface area contributed by atoms with E-state index in [0.29, 0.717) is 11.3 Å². The molecule has 29 heavy (non-hydrogen) atoms. The molecule has 4 amide bonds. The van der Waals surface area contributed by atoms with Crippen LogP contribution in [-0.4, -0.2) is 53.6 Å². The zero-order valence-corrected chi connectivity index (χ0v) is 17.4. The molecule has 2 atom stereocenters. The number of carbonyl (C=O) groups excluding carboxylic acids is 4. The maximum absolute atomic E-state index is 12.8. The van der Waals surface area contributed by atoms with Crippen LogP contribution in [0.5, 0.6) is 5.75 Å². The predicted molar refractivity (Wildman–Crippen MR) is 111 cm³/mol. The molecular formula is C18H18N4O5S2. The lowest BCUT2D eigenvalue weighted by Gasteiger charge is -2.32. The molecule has 0 saturated heterocycles. The molecule has 0 spiro atoms. The van der Waals surface area contributed by atoms with E-state index in [4.69, 9.17) is 4.74 Å². The lowest BCUT2D eigenvalue weighted by atomic mass is 9.74. The van der Waals surface area contributed by atoms with Gasteiger partial charge < -0.3 is 15.4 Å². The summed E-state index contributed by atoms with van der Waals surface area (Å²) in [5.74, 6) is -5.85. The van der Waals surface area contributed by atoms with E-state index >= 15 is 0 Å². The summed E-state index contributed by atoms with van der Waals surface area (Å²) in [7, 11) is 1.50. The van der Waals surface area contributed by atoms with Crippen molar-refractivity contribution in [2.75, 3.05) is 19.6 Å². The Morgan fingerprint density at radius 3 is 1.66 bits per heavy atom. The highest BCUT2D eigenvalue weighted by molar-refractivity contribution is 8.13. The molecule has 11 heteroatoms. The van der Waals surface area contributed by atoms with Gasteiger partial charge in [-0.1, -0.05) is 35.7 Å². The van der Waals surface area contributed by atoms with Gasteiger partial charge in [0.25, 0.3) is 11.8 Å². The Hall–Kier alpha value is -2.66. The standard InChI is InChI=1S/C18H18N4O5S2/c1-27-9-6-4-8(5-7-9)10(11-13(23)19-17(28-2)20-14(11)24)12-15(25)21-18(29-3)22-16(12)26/h4-7,10-12H,1-3H3,(H,19,20,23,24)(H,21,22,25,26). The molecule has 152 valence electrons. The number of methoxy groups -OCH3 is 1. The summed E-state index contributed by atoms with van der Waals surface area (Å²) >= 11 is 2.24. The number of rotatable bonds is 4. The Labute approximate surface area is 175 Å². The Bertz CT molecular complexity index is 877. The molecule has 2 unspecified atom stereocenters. The number of aliphatic imine (C=N–C) groups is 2. The first kappa shape index (κ1) is 21.1. The molecule has 0 radical (unpaired) electrons. The largest absolute Gasteiger partial charge is 0.497 e. The lowest BCUT2D eigenvalue weighted by Crippen LogP contribution is -2.52. The van der Waals surface area contributed by atoms with Crippen LogP contribution in [0.25, 0.3) is 0 Å². The van der Waals surface area contributed by atoms with E-state index in [1.807, 2.05) is 0 Å². The van der Waals surface area contributed by atoms with Crippen molar-refractivity contribution in [3.8, 4) is 5.75 Å². The molecule has 1 aromatic carbocycles. The number of amidine groups is 2. The van der Waals surface area contributed by atoms with E-state index in [1.165, 1.54) is 7.11 Å². The zero-order valence-electron chi connectivity index (χ0n) is 15.8. The minimum absolute atomic E-state index is 0.173. The lowest BCUT2D eigenvalue weighted by molar-refractivity contribution is -0.139. The fraction of sp³-hybridized carbons (Fsp3) is 0.333. The van der Waals surface area contributed by atoms with Gasteiger partial charge in [-0.3, -0.25) is 19.2 Å². The van der Waals surface area contributed by atoms with Crippen molar-refractivity contribution in [3.63, 3.8) is 0 Å². The van der Waals surface area contributed by atoms with Gasteiger partial charge in [0, 0.05) is 5.92 Å². The van der Waals surface area contributed by atoms with Crippen molar-refractivity contribution in [3.05, 3.63) is 29.8 Å². The quantitative estimate of drug-likeness (QED) is 0.670. The third kappa shape index (κ3) is 4.20. The van der Waals surface area contributed by atoms with Crippen molar-refractivity contribution in [2.45, 2.75) is 5.92 Å². The third-order valence-electron chi connectivity index (χ3n) is 4.59. The van der Waals surface area contributed by atoms with Crippen LogP contribution in [-0.2, 0) is 19.2 Å². The topological polar surface area (TPSA) is 126 Å². The molecule has 2 aliphatic heterocycles. The highest BCUT2D eigenvalue weighted by Crippen LogP contribution is 2.37. The molecule has 9 nitrogen and oxygen atoms in total. The van der Waals surface area contributed by atoms with Crippen LogP contribution in [0.3, 0.4) is 0 Å². The van der Waals surface area contributed by atoms with Gasteiger partial charge in [0.2, 0.25) is 11.8 Å². The monoisotopic (exact) mass is 434 g/mol. The Kier molecular flexibility index (Phi) is 6.38. The summed E-state index contributed by atoms with van der Waals surface area (Å²) in [6.45, 7) is 0. The van der Waals surface area contributed by atoms with Gasteiger partial charge in [0.15, 0.2) is 10.3 Å². The Morgan fingerprint density at radius 1 is 0.862 bits per heavy atom. The zero-order chi connectivity index (χ0) is 21.1. The highest BCUT2D eigenvalue weighted by Gasteiger charge is 2.49. The molecule has 0 aromatic heterocycles. The van der Waals surface area contributed by atoms with Gasteiger partial charge in [-0.25, -0.2) is 0 Å². The minimum atomic E-state index is -1.34. The Morgan fingerprint density at radius 2 is 1.31 bits per heavy atom. The van der Waals surface area contributed by atoms with Crippen molar-refractivity contribution >= 4 is 57.5 Å². The average molecular weight is 434 g/mol. The van der Waals surface area contributed by atoms with Crippen molar-refractivity contribution in [1.82, 2.24) is 10.6 Å². The van der Waals surface area contributed by atoms with Gasteiger partial charge in [0.1, 0.15) is 17.6 Å². The molecule has 1 aromatic rings. The second kappa shape index (κ2) is 8.78. The summed E-state index contributed by atoms with van der Waals surface area (Å²) in [5.41, 5.74) is 0.457. The van der Waals surface area contributed by atoms with Gasteiger partial charge in [-0.15, -0.1) is 0 Å². The number of hydrogen-bond acceptors (Lipinski definition) is 7. The number of nitrogens with zero attached hydrogens (tertiary/aromatic N) is 2. The fourth-order valence-corrected chi connectivity index (χ4v) is 3.98. The van der Waals surface area contributed by atoms with E-state index in [0.717, 1.165) is 23.5 Å². The van der Waals surface area contributed by atoms with E-state index < -0.39 is 41.4 Å². The first-order valence-electron chi connectivity index (χ1n) is 8.48. The van der Waals surface area contributed by atoms with E-state index in [-0.39, 0.29) is 10.3 Å². The maximum Gasteiger partial charge on any atom is 0.261 e. The summed E-state index contributed by atoms with van der Waals surface area (Å²) < 4.78 is 5.14. The van der Waals surface area contributed by atoms with Gasteiger partial charge in [0.05, 0.1) is 7.11 Å². The van der Waals surface area contributed by atoms with Crippen molar-refractivity contribution < 1.29 is 23.9 Å². The number of hydrogen-bond donors (Lipinski definition) is 2. The summed E-state index contributed by atoms with van der Waals surface area (Å²) in [6, 6.07) is 6.50. The van der Waals surface area contributed by atoms with Gasteiger partial charge in [-0.2, -0.15) is 9.98 Å². The van der Waals surface area contributed by atoms with Crippen LogP contribution in [0.15, 0.2) is 34.3 Å². The minimum Gasteiger partial charge on any atom is -0.497 e. The second-order valence-corrected chi connectivity index (χ2v) is 7.74. The third-order valence-corrected chi connectivity index (χ3v) is 5.75. The van der Waals surface area contributed by atoms with Gasteiger partial charge in [-0.05, 0) is 30.2 Å². The van der Waals surface area contributed by atoms with E-state index in [9.17, 15) is 19.2 Å². The second-order valence-electron chi connectivity index (χ2n) is 6.15. The molecular weight excluding hydrogens is 416 g/mol. The molecule has 2 N–H and O–H groups in total. The maximum atomic E-state index is 12.8. The number of thioether (sulfide) groups is 2. The number of nitrogens with one attached hydrogen (secondary N) is 2. The smallest absolute Gasteiger partial charge is 0.261 e. The van der Waals surface area contributed by atoms with E-state index in [2.05, 4.69) is 20.6 Å². The fourth-order valence-electron chi connectivity index (χ4n) is 3.22. The van der Waals surface area contributed by atoms with Crippen LogP contribution in [0.4, 0.5) is 0 Å². The van der Waals surface area contributed by atoms with Crippen molar-refractivity contribution in [2.24, 2.45) is 21.8 Å². The summed E-state index contributed by atoms with van der Waals surface area (Å²) in [4.78, 5) is 58.7. The number of carbonyl (C=O) groups is 4. The van der Waals surface area contributed by atoms with Crippen LogP contribution < -0.4 is 15.4 Å². The number of ether oxygens (including phenoxy) is 1. The molecule has 3 rings (SSSR count). The van der Waals surface area contributed by atoms with Crippen LogP contribution in [0.1, 0.15) is 11.5 Å². The van der Waals surface area contributed by atoms with Crippen LogP contribution >= 0.6 is 23.5 Å². The molecule has 0 bridgehead atoms. The van der Waals surface area contributed by atoms with E-state index in [1.54, 1.807) is 36.8 Å². The predicted octanol–water partition coefficient (Wildman–Crippen LogP) is 0.762. The highest BCUT2D eigenvalue weighted by atomic mass is 32.2. The summed E-state index contributed by atoms with van der Waals surface area (Å²) in [5, 5.41) is 5.45. The van der Waals surface area contributed by atoms with Crippen LogP contribution in [0.2, 0.25) is 0 Å². The molecule has 2 aliphatic rings. The average Bonchev–Trinajstić information content (AvgIpc) is 2.71. The SMILES string of the molecule is COc1ccc(C(C2C(=O)N=C(SC)NC2=O)C2C(=O)N=C(SC)NC2=O)cc1. The first-order chi connectivity index (χ1) is 13.9. The van der Waals surface area contributed by atoms with Crippen molar-refractivity contribution in [1.29, 1.82) is 0 Å². The molecule has 0 saturated carbocycles. The molecule has 0 aliphatic carbocycles. The molecule has 2 heterocycles. The number of amides is 4. The first-order valence-corrected chi connectivity index (χ1v) is 10.9. The van der Waals surface area contributed by atoms with Crippen LogP contribution in [0, 0.1) is 11.8 Å². The summed E-state index contributed by atoms with van der Waals surface area (Å²) in [6.07, 6.45) is 3.34. The normalized spacial score (nSPS) is 23.0.